The second-order valence-electron chi connectivity index (χ2n) is 8.67. The highest BCUT2D eigenvalue weighted by Gasteiger charge is 2.50. The second kappa shape index (κ2) is 6.23. The van der Waals surface area contributed by atoms with Gasteiger partial charge in [0.15, 0.2) is 0 Å². The van der Waals surface area contributed by atoms with Crippen molar-refractivity contribution in [3.05, 3.63) is 21.8 Å². The smallest absolute Gasteiger partial charge is 0.0805 e. The first-order valence-electron chi connectivity index (χ1n) is 9.06. The summed E-state index contributed by atoms with van der Waals surface area (Å²) < 4.78 is 2.38. The van der Waals surface area contributed by atoms with Gasteiger partial charge >= 0.3 is 0 Å². The first-order chi connectivity index (χ1) is 10.4. The molecule has 0 aromatic carbocycles. The Labute approximate surface area is 149 Å². The van der Waals surface area contributed by atoms with Crippen molar-refractivity contribution in [1.29, 1.82) is 0 Å². The minimum Gasteiger partial charge on any atom is -0.386 e. The van der Waals surface area contributed by atoms with E-state index in [4.69, 9.17) is 0 Å². The summed E-state index contributed by atoms with van der Waals surface area (Å²) in [6, 6.07) is 0. The number of halogens is 1. The molecule has 2 fully saturated rings. The summed E-state index contributed by atoms with van der Waals surface area (Å²) in [5.74, 6) is 3.05. The molecule has 2 saturated carbocycles. The molecular formula is C20H31IO. The Morgan fingerprint density at radius 2 is 2.18 bits per heavy atom. The molecule has 124 valence electrons. The fourth-order valence-electron chi connectivity index (χ4n) is 5.96. The third kappa shape index (κ3) is 3.07. The van der Waals surface area contributed by atoms with Crippen LogP contribution in [-0.2, 0) is 0 Å². The molecule has 0 aliphatic heterocycles. The van der Waals surface area contributed by atoms with Crippen molar-refractivity contribution in [2.75, 3.05) is 0 Å². The maximum absolute atomic E-state index is 10.2. The fourth-order valence-corrected chi connectivity index (χ4v) is 6.70. The minimum absolute atomic E-state index is 0.527. The molecule has 2 heteroatoms. The number of hydrogen-bond donors (Lipinski definition) is 1. The highest BCUT2D eigenvalue weighted by Crippen LogP contribution is 2.60. The molecule has 1 N–H and O–H groups in total. The normalized spacial score (nSPS) is 47.9. The molecule has 0 spiro atoms. The number of fused-ring (bicyclic) bond motifs is 1. The van der Waals surface area contributed by atoms with E-state index in [1.165, 1.54) is 38.5 Å². The minimum atomic E-state index is -0.561. The van der Waals surface area contributed by atoms with Crippen LogP contribution < -0.4 is 0 Å². The number of hydrogen-bond acceptors (Lipinski definition) is 1. The standard InChI is InChI=1S/C20H31IO/c1-14(11-15-8-10-19(2,22)12-15)17-6-7-18-16(13-21)5-4-9-20(17,18)3/h8,10,13-15,17-18,22H,4-7,9,11-12H2,1-3H3/b16-13+/t14-,15-,17-,18?,19-,20-/m1/s1. The fraction of sp³-hybridized carbons (Fsp3) is 0.800. The van der Waals surface area contributed by atoms with Gasteiger partial charge in [-0.3, -0.25) is 0 Å². The van der Waals surface area contributed by atoms with Crippen LogP contribution in [0.1, 0.15) is 65.7 Å². The predicted octanol–water partition coefficient (Wildman–Crippen LogP) is 5.88. The van der Waals surface area contributed by atoms with Gasteiger partial charge in [0, 0.05) is 0 Å². The van der Waals surface area contributed by atoms with Gasteiger partial charge in [-0.15, -0.1) is 0 Å². The zero-order chi connectivity index (χ0) is 16.0. The van der Waals surface area contributed by atoms with Gasteiger partial charge in [0.05, 0.1) is 5.60 Å². The average Bonchev–Trinajstić information content (AvgIpc) is 2.97. The van der Waals surface area contributed by atoms with E-state index in [0.717, 1.165) is 24.2 Å². The maximum Gasteiger partial charge on any atom is 0.0805 e. The molecule has 22 heavy (non-hydrogen) atoms. The van der Waals surface area contributed by atoms with Crippen molar-refractivity contribution >= 4 is 22.6 Å². The van der Waals surface area contributed by atoms with Crippen molar-refractivity contribution in [3.63, 3.8) is 0 Å². The molecule has 1 unspecified atom stereocenters. The molecule has 0 heterocycles. The molecule has 1 nitrogen and oxygen atoms in total. The summed E-state index contributed by atoms with van der Waals surface area (Å²) in [6.45, 7) is 6.99. The molecule has 6 atom stereocenters. The van der Waals surface area contributed by atoms with Crippen LogP contribution in [0.2, 0.25) is 0 Å². The van der Waals surface area contributed by atoms with Crippen LogP contribution in [0.4, 0.5) is 0 Å². The van der Waals surface area contributed by atoms with Crippen molar-refractivity contribution in [2.24, 2.45) is 29.1 Å². The van der Waals surface area contributed by atoms with E-state index >= 15 is 0 Å². The lowest BCUT2D eigenvalue weighted by Crippen LogP contribution is -2.36. The van der Waals surface area contributed by atoms with Crippen molar-refractivity contribution < 1.29 is 5.11 Å². The lowest BCUT2D eigenvalue weighted by atomic mass is 9.61. The molecule has 0 bridgehead atoms. The van der Waals surface area contributed by atoms with Crippen LogP contribution in [0.15, 0.2) is 21.8 Å². The van der Waals surface area contributed by atoms with E-state index in [2.05, 4.69) is 46.6 Å². The first kappa shape index (κ1) is 17.0. The van der Waals surface area contributed by atoms with E-state index < -0.39 is 5.60 Å². The molecular weight excluding hydrogens is 383 g/mol. The SMILES string of the molecule is C[C@H](C[C@H]1C=C[C@@](C)(O)C1)[C@H]1CCC2/C(=C/I)CCC[C@@]21C. The highest BCUT2D eigenvalue weighted by atomic mass is 127. The summed E-state index contributed by atoms with van der Waals surface area (Å²) in [6.07, 6.45) is 13.4. The zero-order valence-corrected chi connectivity index (χ0v) is 16.5. The molecule has 3 aliphatic carbocycles. The van der Waals surface area contributed by atoms with Crippen molar-refractivity contribution in [2.45, 2.75) is 71.3 Å². The van der Waals surface area contributed by atoms with Crippen molar-refractivity contribution in [3.8, 4) is 0 Å². The quantitative estimate of drug-likeness (QED) is 0.452. The van der Waals surface area contributed by atoms with Gasteiger partial charge in [0.1, 0.15) is 0 Å². The zero-order valence-electron chi connectivity index (χ0n) is 14.3. The van der Waals surface area contributed by atoms with Gasteiger partial charge in [-0.05, 0) is 85.0 Å². The van der Waals surface area contributed by atoms with Gasteiger partial charge in [0.2, 0.25) is 0 Å². The van der Waals surface area contributed by atoms with E-state index in [1.54, 1.807) is 5.57 Å². The van der Waals surface area contributed by atoms with Crippen molar-refractivity contribution in [1.82, 2.24) is 0 Å². The van der Waals surface area contributed by atoms with Crippen LogP contribution in [0.3, 0.4) is 0 Å². The Hall–Kier alpha value is 0.170. The Morgan fingerprint density at radius 3 is 2.82 bits per heavy atom. The number of aliphatic hydroxyl groups is 1. The lowest BCUT2D eigenvalue weighted by molar-refractivity contribution is 0.0756. The Bertz CT molecular complexity index is 478. The van der Waals surface area contributed by atoms with Gasteiger partial charge in [-0.25, -0.2) is 0 Å². The second-order valence-corrected chi connectivity index (χ2v) is 9.30. The molecule has 3 aliphatic rings. The summed E-state index contributed by atoms with van der Waals surface area (Å²) in [5.41, 5.74) is 1.70. The summed E-state index contributed by atoms with van der Waals surface area (Å²) in [4.78, 5) is 0. The van der Waals surface area contributed by atoms with Crippen LogP contribution in [0.5, 0.6) is 0 Å². The van der Waals surface area contributed by atoms with Crippen LogP contribution in [0, 0.1) is 29.1 Å². The monoisotopic (exact) mass is 414 g/mol. The van der Waals surface area contributed by atoms with E-state index in [9.17, 15) is 5.11 Å². The molecule has 0 aromatic heterocycles. The molecule has 0 saturated heterocycles. The molecule has 3 rings (SSSR count). The average molecular weight is 414 g/mol. The topological polar surface area (TPSA) is 20.2 Å². The maximum atomic E-state index is 10.2. The van der Waals surface area contributed by atoms with E-state index in [0.29, 0.717) is 11.3 Å². The van der Waals surface area contributed by atoms with Crippen LogP contribution in [0.25, 0.3) is 0 Å². The van der Waals surface area contributed by atoms with Gasteiger partial charge in [-0.2, -0.15) is 0 Å². The van der Waals surface area contributed by atoms with Gasteiger partial charge < -0.3 is 5.11 Å². The van der Waals surface area contributed by atoms with Gasteiger partial charge in [0.25, 0.3) is 0 Å². The Kier molecular flexibility index (Phi) is 4.82. The number of rotatable bonds is 3. The third-order valence-corrected chi connectivity index (χ3v) is 7.74. The molecule has 0 aromatic rings. The van der Waals surface area contributed by atoms with E-state index in [-0.39, 0.29) is 0 Å². The summed E-state index contributed by atoms with van der Waals surface area (Å²) in [7, 11) is 0. The third-order valence-electron chi connectivity index (χ3n) is 6.94. The van der Waals surface area contributed by atoms with Crippen LogP contribution >= 0.6 is 22.6 Å². The molecule has 0 amide bonds. The number of allylic oxidation sites excluding steroid dienone is 2. The summed E-state index contributed by atoms with van der Waals surface area (Å²) >= 11 is 2.46. The van der Waals surface area contributed by atoms with Gasteiger partial charge in [-0.1, -0.05) is 54.2 Å². The Morgan fingerprint density at radius 1 is 1.41 bits per heavy atom. The highest BCUT2D eigenvalue weighted by molar-refractivity contribution is 14.1. The van der Waals surface area contributed by atoms with Crippen LogP contribution in [-0.4, -0.2) is 10.7 Å². The van der Waals surface area contributed by atoms with E-state index in [1.807, 2.05) is 13.0 Å². The largest absolute Gasteiger partial charge is 0.386 e. The first-order valence-corrected chi connectivity index (χ1v) is 10.3. The predicted molar refractivity (Wildman–Crippen MR) is 102 cm³/mol. The molecule has 0 radical (unpaired) electrons. The Balaban J connectivity index is 1.69. The summed E-state index contributed by atoms with van der Waals surface area (Å²) in [5, 5.41) is 10.2. The lowest BCUT2D eigenvalue weighted by Gasteiger charge is -2.44.